The summed E-state index contributed by atoms with van der Waals surface area (Å²) in [5.74, 6) is -0.281. The SMILES string of the molecule is O=C(Cn1nnc2ccccc2c1=O)NCc1ccc(Br)s1. The second-order valence-electron chi connectivity index (χ2n) is 4.55. The Balaban J connectivity index is 1.71. The standard InChI is InChI=1S/C14H11BrN4O2S/c15-12-6-5-9(22-12)7-16-13(20)8-19-14(21)10-3-1-2-4-11(10)17-18-19/h1-6H,7-8H2,(H,16,20). The first-order valence-corrected chi connectivity index (χ1v) is 8.08. The van der Waals surface area contributed by atoms with Gasteiger partial charge in [-0.05, 0) is 40.2 Å². The first-order chi connectivity index (χ1) is 10.6. The van der Waals surface area contributed by atoms with Gasteiger partial charge in [-0.25, -0.2) is 4.68 Å². The molecular weight excluding hydrogens is 368 g/mol. The average Bonchev–Trinajstić information content (AvgIpc) is 2.94. The van der Waals surface area contributed by atoms with Crippen LogP contribution in [0.4, 0.5) is 0 Å². The fraction of sp³-hybridized carbons (Fsp3) is 0.143. The highest BCUT2D eigenvalue weighted by molar-refractivity contribution is 9.11. The minimum absolute atomic E-state index is 0.150. The second-order valence-corrected chi connectivity index (χ2v) is 7.10. The van der Waals surface area contributed by atoms with Crippen LogP contribution < -0.4 is 10.9 Å². The van der Waals surface area contributed by atoms with Crippen molar-refractivity contribution in [3.63, 3.8) is 0 Å². The molecule has 0 bridgehead atoms. The minimum Gasteiger partial charge on any atom is -0.350 e. The number of hydrogen-bond acceptors (Lipinski definition) is 5. The van der Waals surface area contributed by atoms with Crippen molar-refractivity contribution in [1.82, 2.24) is 20.3 Å². The number of fused-ring (bicyclic) bond motifs is 1. The van der Waals surface area contributed by atoms with Gasteiger partial charge in [-0.1, -0.05) is 17.3 Å². The van der Waals surface area contributed by atoms with E-state index in [4.69, 9.17) is 0 Å². The molecule has 1 N–H and O–H groups in total. The molecule has 0 spiro atoms. The molecule has 1 aromatic carbocycles. The van der Waals surface area contributed by atoms with Crippen LogP contribution in [0.3, 0.4) is 0 Å². The smallest absolute Gasteiger partial charge is 0.278 e. The number of hydrogen-bond donors (Lipinski definition) is 1. The fourth-order valence-corrected chi connectivity index (χ4v) is 3.37. The van der Waals surface area contributed by atoms with Gasteiger partial charge in [-0.3, -0.25) is 9.59 Å². The van der Waals surface area contributed by atoms with Crippen molar-refractivity contribution in [2.75, 3.05) is 0 Å². The summed E-state index contributed by atoms with van der Waals surface area (Å²) >= 11 is 4.91. The molecular formula is C14H11BrN4O2S. The largest absolute Gasteiger partial charge is 0.350 e. The summed E-state index contributed by atoms with van der Waals surface area (Å²) in [5, 5.41) is 11.0. The monoisotopic (exact) mass is 378 g/mol. The van der Waals surface area contributed by atoms with Crippen molar-refractivity contribution in [3.05, 3.63) is 55.4 Å². The highest BCUT2D eigenvalue weighted by atomic mass is 79.9. The lowest BCUT2D eigenvalue weighted by atomic mass is 10.2. The lowest BCUT2D eigenvalue weighted by Gasteiger charge is -2.05. The predicted molar refractivity (Wildman–Crippen MR) is 87.7 cm³/mol. The number of nitrogens with one attached hydrogen (secondary N) is 1. The number of rotatable bonds is 4. The van der Waals surface area contributed by atoms with Crippen LogP contribution in [0.25, 0.3) is 10.9 Å². The van der Waals surface area contributed by atoms with Gasteiger partial charge in [0, 0.05) is 4.88 Å². The first-order valence-electron chi connectivity index (χ1n) is 6.47. The van der Waals surface area contributed by atoms with Crippen molar-refractivity contribution in [3.8, 4) is 0 Å². The zero-order valence-corrected chi connectivity index (χ0v) is 13.7. The maximum Gasteiger partial charge on any atom is 0.278 e. The first kappa shape index (κ1) is 14.9. The number of nitrogens with zero attached hydrogens (tertiary/aromatic N) is 3. The van der Waals surface area contributed by atoms with E-state index in [1.165, 1.54) is 0 Å². The third-order valence-corrected chi connectivity index (χ3v) is 4.63. The Morgan fingerprint density at radius 1 is 1.27 bits per heavy atom. The molecule has 2 aromatic heterocycles. The molecule has 3 rings (SSSR count). The van der Waals surface area contributed by atoms with E-state index in [0.717, 1.165) is 13.3 Å². The summed E-state index contributed by atoms with van der Waals surface area (Å²) in [5.41, 5.74) is 0.201. The predicted octanol–water partition coefficient (Wildman–Crippen LogP) is 1.93. The van der Waals surface area contributed by atoms with Gasteiger partial charge in [-0.2, -0.15) is 0 Å². The van der Waals surface area contributed by atoms with Crippen LogP contribution >= 0.6 is 27.3 Å². The molecule has 2 heterocycles. The molecule has 0 unspecified atom stereocenters. The summed E-state index contributed by atoms with van der Waals surface area (Å²) < 4.78 is 2.08. The molecule has 1 amide bonds. The quantitative estimate of drug-likeness (QED) is 0.752. The molecule has 8 heteroatoms. The zero-order chi connectivity index (χ0) is 15.5. The Kier molecular flexibility index (Phi) is 4.30. The molecule has 6 nitrogen and oxygen atoms in total. The van der Waals surface area contributed by atoms with Crippen molar-refractivity contribution in [1.29, 1.82) is 0 Å². The van der Waals surface area contributed by atoms with Crippen LogP contribution in [0.2, 0.25) is 0 Å². The number of amides is 1. The number of halogens is 1. The topological polar surface area (TPSA) is 76.9 Å². The van der Waals surface area contributed by atoms with E-state index in [-0.39, 0.29) is 18.0 Å². The third kappa shape index (κ3) is 3.23. The van der Waals surface area contributed by atoms with Crippen LogP contribution in [0.15, 0.2) is 45.0 Å². The molecule has 0 aliphatic carbocycles. The van der Waals surface area contributed by atoms with Crippen LogP contribution in [-0.4, -0.2) is 20.9 Å². The maximum absolute atomic E-state index is 12.2. The van der Waals surface area contributed by atoms with E-state index < -0.39 is 0 Å². The van der Waals surface area contributed by atoms with Gasteiger partial charge >= 0.3 is 0 Å². The Bertz CT molecular complexity index is 890. The molecule has 0 saturated heterocycles. The molecule has 0 saturated carbocycles. The number of benzene rings is 1. The summed E-state index contributed by atoms with van der Waals surface area (Å²) in [7, 11) is 0. The summed E-state index contributed by atoms with van der Waals surface area (Å²) in [6, 6.07) is 10.8. The van der Waals surface area contributed by atoms with Gasteiger partial charge in [-0.15, -0.1) is 16.4 Å². The summed E-state index contributed by atoms with van der Waals surface area (Å²) in [6.07, 6.45) is 0. The van der Waals surface area contributed by atoms with Gasteiger partial charge in [0.05, 0.1) is 15.7 Å². The van der Waals surface area contributed by atoms with E-state index in [1.807, 2.05) is 12.1 Å². The van der Waals surface area contributed by atoms with E-state index >= 15 is 0 Å². The van der Waals surface area contributed by atoms with Crippen LogP contribution in [-0.2, 0) is 17.9 Å². The normalized spacial score (nSPS) is 10.8. The molecule has 0 radical (unpaired) electrons. The van der Waals surface area contributed by atoms with Crippen molar-refractivity contribution in [2.24, 2.45) is 0 Å². The maximum atomic E-state index is 12.2. The summed E-state index contributed by atoms with van der Waals surface area (Å²) in [6.45, 7) is 0.272. The molecule has 3 aromatic rings. The van der Waals surface area contributed by atoms with Crippen molar-refractivity contribution >= 4 is 44.1 Å². The average molecular weight is 379 g/mol. The van der Waals surface area contributed by atoms with E-state index in [1.54, 1.807) is 35.6 Å². The molecule has 112 valence electrons. The Morgan fingerprint density at radius 2 is 2.09 bits per heavy atom. The molecule has 0 atom stereocenters. The highest BCUT2D eigenvalue weighted by Crippen LogP contribution is 2.21. The molecule has 0 aliphatic heterocycles. The fourth-order valence-electron chi connectivity index (χ4n) is 1.95. The van der Waals surface area contributed by atoms with E-state index in [9.17, 15) is 9.59 Å². The second kappa shape index (κ2) is 6.37. The summed E-state index contributed by atoms with van der Waals surface area (Å²) in [4.78, 5) is 25.2. The molecule has 22 heavy (non-hydrogen) atoms. The van der Waals surface area contributed by atoms with E-state index in [2.05, 4.69) is 31.6 Å². The van der Waals surface area contributed by atoms with Gasteiger partial charge < -0.3 is 5.32 Å². The van der Waals surface area contributed by atoms with Crippen LogP contribution in [0.1, 0.15) is 4.88 Å². The van der Waals surface area contributed by atoms with Gasteiger partial charge in [0.2, 0.25) is 5.91 Å². The number of aromatic nitrogens is 3. The molecule has 0 fully saturated rings. The van der Waals surface area contributed by atoms with Crippen molar-refractivity contribution < 1.29 is 4.79 Å². The van der Waals surface area contributed by atoms with Gasteiger partial charge in [0.1, 0.15) is 12.1 Å². The van der Waals surface area contributed by atoms with E-state index in [0.29, 0.717) is 17.4 Å². The lowest BCUT2D eigenvalue weighted by Crippen LogP contribution is -2.33. The van der Waals surface area contributed by atoms with Gasteiger partial charge in [0.25, 0.3) is 5.56 Å². The Morgan fingerprint density at radius 3 is 2.86 bits per heavy atom. The Hall–Kier alpha value is -2.06. The van der Waals surface area contributed by atoms with Crippen LogP contribution in [0.5, 0.6) is 0 Å². The number of thiophene rings is 1. The van der Waals surface area contributed by atoms with Crippen LogP contribution in [0, 0.1) is 0 Å². The Labute approximate surface area is 137 Å². The zero-order valence-electron chi connectivity index (χ0n) is 11.3. The van der Waals surface area contributed by atoms with Crippen molar-refractivity contribution in [2.45, 2.75) is 13.1 Å². The number of carbonyl (C=O) groups excluding carboxylic acids is 1. The minimum atomic E-state index is -0.320. The highest BCUT2D eigenvalue weighted by Gasteiger charge is 2.09. The third-order valence-electron chi connectivity index (χ3n) is 3.01. The number of carbonyl (C=O) groups is 1. The van der Waals surface area contributed by atoms with Gasteiger partial charge in [0.15, 0.2) is 0 Å². The molecule has 0 aliphatic rings. The lowest BCUT2D eigenvalue weighted by molar-refractivity contribution is -0.122.